The predicted octanol–water partition coefficient (Wildman–Crippen LogP) is 1.01. The normalized spacial score (nSPS) is 17.7. The maximum absolute atomic E-state index is 7.32. The van der Waals surface area contributed by atoms with Gasteiger partial charge in [0.2, 0.25) is 0 Å². The van der Waals surface area contributed by atoms with Gasteiger partial charge in [-0.25, -0.2) is 9.67 Å². The maximum atomic E-state index is 7.32. The molecule has 5 nitrogen and oxygen atoms in total. The predicted molar refractivity (Wildman–Crippen MR) is 59.9 cm³/mol. The van der Waals surface area contributed by atoms with Crippen molar-refractivity contribution in [2.75, 3.05) is 5.75 Å². The molecule has 0 aliphatic heterocycles. The molecule has 3 N–H and O–H groups in total. The van der Waals surface area contributed by atoms with Gasteiger partial charge in [0.1, 0.15) is 6.33 Å². The Morgan fingerprint density at radius 1 is 1.73 bits per heavy atom. The Balaban J connectivity index is 1.88. The summed E-state index contributed by atoms with van der Waals surface area (Å²) in [5, 5.41) is 12.3. The first-order valence-electron chi connectivity index (χ1n) is 4.91. The summed E-state index contributed by atoms with van der Waals surface area (Å²) in [6.07, 6.45) is 4.64. The smallest absolute Gasteiger partial charge is 0.185 e. The van der Waals surface area contributed by atoms with Crippen LogP contribution in [0.5, 0.6) is 0 Å². The van der Waals surface area contributed by atoms with E-state index in [4.69, 9.17) is 11.1 Å². The number of thioether (sulfide) groups is 1. The van der Waals surface area contributed by atoms with Gasteiger partial charge in [-0.2, -0.15) is 5.10 Å². The summed E-state index contributed by atoms with van der Waals surface area (Å²) in [6.45, 7) is 0. The van der Waals surface area contributed by atoms with E-state index >= 15 is 0 Å². The zero-order valence-electron chi connectivity index (χ0n) is 8.73. The molecule has 0 atom stereocenters. The Hall–Kier alpha value is -1.04. The molecular weight excluding hydrogens is 210 g/mol. The second-order valence-corrected chi connectivity index (χ2v) is 5.10. The number of aromatic nitrogens is 3. The number of nitrogens with zero attached hydrogens (tertiary/aromatic N) is 3. The highest BCUT2D eigenvalue weighted by atomic mass is 32.2. The summed E-state index contributed by atoms with van der Waals surface area (Å²) in [4.78, 5) is 4.16. The molecule has 1 heterocycles. The highest BCUT2D eigenvalue weighted by Crippen LogP contribution is 2.51. The minimum Gasteiger partial charge on any atom is -0.388 e. The van der Waals surface area contributed by atoms with Gasteiger partial charge in [-0.15, -0.1) is 0 Å². The zero-order chi connectivity index (χ0) is 10.9. The largest absolute Gasteiger partial charge is 0.388 e. The Morgan fingerprint density at radius 3 is 2.93 bits per heavy atom. The van der Waals surface area contributed by atoms with Crippen LogP contribution in [0.2, 0.25) is 0 Å². The van der Waals surface area contributed by atoms with Gasteiger partial charge in [0.15, 0.2) is 5.16 Å². The molecule has 1 aromatic rings. The van der Waals surface area contributed by atoms with E-state index in [1.807, 2.05) is 7.05 Å². The molecule has 82 valence electrons. The number of hydrogen-bond donors (Lipinski definition) is 2. The van der Waals surface area contributed by atoms with Crippen LogP contribution in [0.25, 0.3) is 0 Å². The van der Waals surface area contributed by atoms with Gasteiger partial charge in [0, 0.05) is 19.2 Å². The fraction of sp³-hybridized carbons (Fsp3) is 0.667. The molecule has 1 aliphatic rings. The van der Waals surface area contributed by atoms with Crippen LogP contribution in [-0.2, 0) is 7.05 Å². The van der Waals surface area contributed by atoms with Crippen LogP contribution in [0.4, 0.5) is 0 Å². The summed E-state index contributed by atoms with van der Waals surface area (Å²) >= 11 is 1.70. The second-order valence-electron chi connectivity index (χ2n) is 4.16. The van der Waals surface area contributed by atoms with Crippen molar-refractivity contribution in [3.05, 3.63) is 6.33 Å². The SMILES string of the molecule is Cn1ncnc1SCC1(CC(=N)N)CC1. The standard InChI is InChI=1S/C9H15N5S/c1-14-8(12-6-13-14)15-5-9(2-3-9)4-7(10)11/h6H,2-5H2,1H3,(H3,10,11). The highest BCUT2D eigenvalue weighted by Gasteiger charge is 2.43. The number of nitrogens with two attached hydrogens (primary N) is 1. The molecule has 6 heteroatoms. The second kappa shape index (κ2) is 3.84. The highest BCUT2D eigenvalue weighted by molar-refractivity contribution is 7.99. The van der Waals surface area contributed by atoms with Crippen LogP contribution in [-0.4, -0.2) is 26.4 Å². The number of hydrogen-bond acceptors (Lipinski definition) is 4. The molecule has 1 aromatic heterocycles. The van der Waals surface area contributed by atoms with Crippen molar-refractivity contribution in [1.82, 2.24) is 14.8 Å². The van der Waals surface area contributed by atoms with Gasteiger partial charge in [-0.1, -0.05) is 11.8 Å². The van der Waals surface area contributed by atoms with Gasteiger partial charge < -0.3 is 5.73 Å². The Labute approximate surface area is 93.0 Å². The van der Waals surface area contributed by atoms with Crippen molar-refractivity contribution in [1.29, 1.82) is 5.41 Å². The summed E-state index contributed by atoms with van der Waals surface area (Å²) in [5.41, 5.74) is 5.70. The lowest BCUT2D eigenvalue weighted by molar-refractivity contribution is 0.607. The minimum absolute atomic E-state index is 0.266. The maximum Gasteiger partial charge on any atom is 0.185 e. The summed E-state index contributed by atoms with van der Waals surface area (Å²) < 4.78 is 1.77. The first-order valence-corrected chi connectivity index (χ1v) is 5.90. The van der Waals surface area contributed by atoms with Crippen molar-refractivity contribution in [3.8, 4) is 0 Å². The Kier molecular flexibility index (Phi) is 2.68. The number of nitrogens with one attached hydrogen (secondary N) is 1. The van der Waals surface area contributed by atoms with E-state index in [2.05, 4.69) is 10.1 Å². The van der Waals surface area contributed by atoms with Crippen molar-refractivity contribution >= 4 is 17.6 Å². The van der Waals surface area contributed by atoms with E-state index in [0.717, 1.165) is 17.3 Å². The molecule has 0 aromatic carbocycles. The van der Waals surface area contributed by atoms with Gasteiger partial charge in [0.05, 0.1) is 5.84 Å². The van der Waals surface area contributed by atoms with Crippen LogP contribution in [0.3, 0.4) is 0 Å². The summed E-state index contributed by atoms with van der Waals surface area (Å²) in [6, 6.07) is 0. The molecule has 1 saturated carbocycles. The van der Waals surface area contributed by atoms with E-state index in [1.165, 1.54) is 12.8 Å². The molecule has 0 saturated heterocycles. The fourth-order valence-corrected chi connectivity index (χ4v) is 2.77. The first kappa shape index (κ1) is 10.5. The molecular formula is C9H15N5S. The zero-order valence-corrected chi connectivity index (χ0v) is 9.55. The Bertz CT molecular complexity index is 368. The molecule has 1 aliphatic carbocycles. The third-order valence-corrected chi connectivity index (χ3v) is 4.08. The van der Waals surface area contributed by atoms with E-state index in [-0.39, 0.29) is 5.41 Å². The van der Waals surface area contributed by atoms with Gasteiger partial charge in [-0.3, -0.25) is 5.41 Å². The molecule has 0 radical (unpaired) electrons. The monoisotopic (exact) mass is 225 g/mol. The molecule has 15 heavy (non-hydrogen) atoms. The molecule has 2 rings (SSSR count). The van der Waals surface area contributed by atoms with E-state index < -0.39 is 0 Å². The first-order chi connectivity index (χ1) is 7.11. The Morgan fingerprint density at radius 2 is 2.47 bits per heavy atom. The lowest BCUT2D eigenvalue weighted by atomic mass is 10.1. The quantitative estimate of drug-likeness (QED) is 0.445. The molecule has 0 spiro atoms. The summed E-state index contributed by atoms with van der Waals surface area (Å²) in [5.74, 6) is 1.28. The lowest BCUT2D eigenvalue weighted by Crippen LogP contribution is -2.18. The van der Waals surface area contributed by atoms with Crippen LogP contribution in [0, 0.1) is 10.8 Å². The van der Waals surface area contributed by atoms with Crippen molar-refractivity contribution in [3.63, 3.8) is 0 Å². The third-order valence-electron chi connectivity index (χ3n) is 2.70. The van der Waals surface area contributed by atoms with Crippen molar-refractivity contribution < 1.29 is 0 Å². The van der Waals surface area contributed by atoms with Gasteiger partial charge in [-0.05, 0) is 18.3 Å². The van der Waals surface area contributed by atoms with E-state index in [9.17, 15) is 0 Å². The van der Waals surface area contributed by atoms with E-state index in [1.54, 1.807) is 22.8 Å². The molecule has 0 bridgehead atoms. The third kappa shape index (κ3) is 2.50. The topological polar surface area (TPSA) is 80.6 Å². The van der Waals surface area contributed by atoms with Gasteiger partial charge in [0.25, 0.3) is 0 Å². The van der Waals surface area contributed by atoms with Crippen LogP contribution < -0.4 is 5.73 Å². The molecule has 1 fully saturated rings. The van der Waals surface area contributed by atoms with Crippen LogP contribution in [0.15, 0.2) is 11.5 Å². The molecule has 0 unspecified atom stereocenters. The van der Waals surface area contributed by atoms with Gasteiger partial charge >= 0.3 is 0 Å². The van der Waals surface area contributed by atoms with Crippen LogP contribution >= 0.6 is 11.8 Å². The number of amidine groups is 1. The van der Waals surface area contributed by atoms with E-state index in [0.29, 0.717) is 5.84 Å². The van der Waals surface area contributed by atoms with Crippen LogP contribution in [0.1, 0.15) is 19.3 Å². The van der Waals surface area contributed by atoms with Crippen molar-refractivity contribution in [2.45, 2.75) is 24.4 Å². The lowest BCUT2D eigenvalue weighted by Gasteiger charge is -2.12. The number of aryl methyl sites for hydroxylation is 1. The molecule has 0 amide bonds. The van der Waals surface area contributed by atoms with Crippen molar-refractivity contribution in [2.24, 2.45) is 18.2 Å². The average Bonchev–Trinajstić information content (AvgIpc) is 2.78. The fourth-order valence-electron chi connectivity index (χ4n) is 1.59. The number of rotatable bonds is 5. The minimum atomic E-state index is 0.266. The average molecular weight is 225 g/mol. The summed E-state index contributed by atoms with van der Waals surface area (Å²) in [7, 11) is 1.89.